The van der Waals surface area contributed by atoms with Gasteiger partial charge >= 0.3 is 0 Å². The van der Waals surface area contributed by atoms with Crippen LogP contribution in [0.3, 0.4) is 0 Å². The Balaban J connectivity index is 2.17. The van der Waals surface area contributed by atoms with Crippen molar-refractivity contribution in [3.63, 3.8) is 0 Å². The average molecular weight is 295 g/mol. The number of rotatable bonds is 4. The molecule has 0 spiro atoms. The van der Waals surface area contributed by atoms with E-state index >= 15 is 0 Å². The monoisotopic (exact) mass is 294 g/mol. The van der Waals surface area contributed by atoms with Gasteiger partial charge in [0.2, 0.25) is 0 Å². The molecule has 0 amide bonds. The van der Waals surface area contributed by atoms with Crippen molar-refractivity contribution >= 4 is 23.1 Å². The first-order valence-electron chi connectivity index (χ1n) is 5.72. The number of anilines is 1. The third kappa shape index (κ3) is 3.16. The lowest BCUT2D eigenvalue weighted by Gasteiger charge is -2.10. The zero-order valence-corrected chi connectivity index (χ0v) is 11.1. The molecule has 4 N–H and O–H groups in total. The van der Waals surface area contributed by atoms with Gasteiger partial charge < -0.3 is 16.3 Å². The molecule has 20 heavy (non-hydrogen) atoms. The second-order valence-electron chi connectivity index (χ2n) is 3.98. The molecular weight excluding hydrogens is 283 g/mol. The number of amidine groups is 1. The van der Waals surface area contributed by atoms with Gasteiger partial charge in [-0.15, -0.1) is 0 Å². The third-order valence-corrected chi connectivity index (χ3v) is 2.95. The molecule has 5 nitrogen and oxygen atoms in total. The van der Waals surface area contributed by atoms with E-state index in [4.69, 9.17) is 22.5 Å². The van der Waals surface area contributed by atoms with Gasteiger partial charge in [0, 0.05) is 24.0 Å². The Kier molecular flexibility index (Phi) is 4.37. The van der Waals surface area contributed by atoms with Crippen LogP contribution in [0.1, 0.15) is 11.3 Å². The van der Waals surface area contributed by atoms with Crippen LogP contribution in [-0.4, -0.2) is 16.0 Å². The normalized spacial score (nSPS) is 11.4. The van der Waals surface area contributed by atoms with Crippen LogP contribution in [0, 0.1) is 5.82 Å². The first-order chi connectivity index (χ1) is 9.61. The Bertz CT molecular complexity index is 648. The van der Waals surface area contributed by atoms with E-state index in [1.807, 2.05) is 0 Å². The summed E-state index contributed by atoms with van der Waals surface area (Å²) in [5.41, 5.74) is 7.20. The van der Waals surface area contributed by atoms with Gasteiger partial charge in [-0.1, -0.05) is 22.8 Å². The van der Waals surface area contributed by atoms with E-state index in [9.17, 15) is 4.39 Å². The zero-order valence-electron chi connectivity index (χ0n) is 10.3. The van der Waals surface area contributed by atoms with Crippen molar-refractivity contribution in [3.05, 3.63) is 58.6 Å². The van der Waals surface area contributed by atoms with Gasteiger partial charge in [-0.3, -0.25) is 4.98 Å². The summed E-state index contributed by atoms with van der Waals surface area (Å²) in [4.78, 5) is 4.04. The number of halogens is 2. The van der Waals surface area contributed by atoms with E-state index in [-0.39, 0.29) is 10.9 Å². The van der Waals surface area contributed by atoms with E-state index < -0.39 is 5.82 Å². The number of nitrogens with zero attached hydrogens (tertiary/aromatic N) is 2. The third-order valence-electron chi connectivity index (χ3n) is 2.64. The highest BCUT2D eigenvalue weighted by atomic mass is 35.5. The molecule has 0 atom stereocenters. The second kappa shape index (κ2) is 6.21. The standard InChI is InChI=1S/C13H12ClFN4O/c14-10-4-3-9(6-11(10)15)18-7-8-2-1-5-17-12(8)13(16)19-20/h1-6,18,20H,7H2,(H2,16,19). The number of pyridine rings is 1. The molecule has 0 aliphatic carbocycles. The van der Waals surface area contributed by atoms with E-state index in [0.717, 1.165) is 5.56 Å². The molecule has 1 aromatic carbocycles. The maximum absolute atomic E-state index is 13.3. The van der Waals surface area contributed by atoms with Crippen LogP contribution >= 0.6 is 11.6 Å². The minimum absolute atomic E-state index is 0.0641. The Morgan fingerprint density at radius 2 is 2.25 bits per heavy atom. The van der Waals surface area contributed by atoms with E-state index in [2.05, 4.69) is 15.5 Å². The smallest absolute Gasteiger partial charge is 0.189 e. The summed E-state index contributed by atoms with van der Waals surface area (Å²) in [5.74, 6) is -0.579. The van der Waals surface area contributed by atoms with Gasteiger partial charge in [-0.2, -0.15) is 0 Å². The summed E-state index contributed by atoms with van der Waals surface area (Å²) in [7, 11) is 0. The topological polar surface area (TPSA) is 83.5 Å². The quantitative estimate of drug-likeness (QED) is 0.350. The molecule has 0 bridgehead atoms. The van der Waals surface area contributed by atoms with Crippen LogP contribution in [0.4, 0.5) is 10.1 Å². The van der Waals surface area contributed by atoms with E-state index in [1.54, 1.807) is 24.4 Å². The minimum atomic E-state index is -0.500. The number of nitrogens with two attached hydrogens (primary N) is 1. The zero-order chi connectivity index (χ0) is 14.5. The molecule has 104 valence electrons. The molecule has 0 aliphatic rings. The Hall–Kier alpha value is -2.34. The molecule has 0 saturated heterocycles. The minimum Gasteiger partial charge on any atom is -0.409 e. The number of oxime groups is 1. The molecule has 1 heterocycles. The Morgan fingerprint density at radius 1 is 1.45 bits per heavy atom. The lowest BCUT2D eigenvalue weighted by Crippen LogP contribution is -2.18. The summed E-state index contributed by atoms with van der Waals surface area (Å²) in [5, 5.41) is 14.7. The van der Waals surface area contributed by atoms with Gasteiger partial charge in [-0.05, 0) is 24.3 Å². The molecule has 0 aliphatic heterocycles. The van der Waals surface area contributed by atoms with Crippen molar-refractivity contribution in [3.8, 4) is 0 Å². The van der Waals surface area contributed by atoms with Crippen molar-refractivity contribution in [1.82, 2.24) is 4.98 Å². The summed E-state index contributed by atoms with van der Waals surface area (Å²) in [6, 6.07) is 7.92. The van der Waals surface area contributed by atoms with Crippen LogP contribution in [-0.2, 0) is 6.54 Å². The van der Waals surface area contributed by atoms with Crippen LogP contribution in [0.25, 0.3) is 0 Å². The van der Waals surface area contributed by atoms with Crippen molar-refractivity contribution in [2.45, 2.75) is 6.54 Å². The lowest BCUT2D eigenvalue weighted by atomic mass is 10.1. The van der Waals surface area contributed by atoms with E-state index in [0.29, 0.717) is 17.9 Å². The highest BCUT2D eigenvalue weighted by Gasteiger charge is 2.08. The molecule has 2 rings (SSSR count). The van der Waals surface area contributed by atoms with Gasteiger partial charge in [0.25, 0.3) is 0 Å². The van der Waals surface area contributed by atoms with Gasteiger partial charge in [0.15, 0.2) is 5.84 Å². The van der Waals surface area contributed by atoms with Gasteiger partial charge in [0.05, 0.1) is 5.02 Å². The van der Waals surface area contributed by atoms with Crippen LogP contribution in [0.2, 0.25) is 5.02 Å². The second-order valence-corrected chi connectivity index (χ2v) is 4.39. The summed E-state index contributed by atoms with van der Waals surface area (Å²) in [6.07, 6.45) is 1.54. The molecule has 7 heteroatoms. The predicted molar refractivity (Wildman–Crippen MR) is 75.5 cm³/mol. The molecule has 0 radical (unpaired) electrons. The average Bonchev–Trinajstić information content (AvgIpc) is 2.48. The maximum Gasteiger partial charge on any atom is 0.189 e. The number of nitrogens with one attached hydrogen (secondary N) is 1. The fourth-order valence-corrected chi connectivity index (χ4v) is 1.78. The number of hydrogen-bond acceptors (Lipinski definition) is 4. The highest BCUT2D eigenvalue weighted by molar-refractivity contribution is 6.30. The highest BCUT2D eigenvalue weighted by Crippen LogP contribution is 2.19. The Labute approximate surface area is 119 Å². The fraction of sp³-hybridized carbons (Fsp3) is 0.0769. The van der Waals surface area contributed by atoms with Gasteiger partial charge in [-0.25, -0.2) is 4.39 Å². The number of benzene rings is 1. The number of hydrogen-bond donors (Lipinski definition) is 3. The first-order valence-corrected chi connectivity index (χ1v) is 6.10. The largest absolute Gasteiger partial charge is 0.409 e. The van der Waals surface area contributed by atoms with Crippen molar-refractivity contribution in [1.29, 1.82) is 0 Å². The maximum atomic E-state index is 13.3. The van der Waals surface area contributed by atoms with E-state index in [1.165, 1.54) is 12.1 Å². The lowest BCUT2D eigenvalue weighted by molar-refractivity contribution is 0.318. The first kappa shape index (κ1) is 14.1. The SMILES string of the molecule is NC(=NO)c1ncccc1CNc1ccc(Cl)c(F)c1. The van der Waals surface area contributed by atoms with Crippen molar-refractivity contribution in [2.75, 3.05) is 5.32 Å². The van der Waals surface area contributed by atoms with Crippen molar-refractivity contribution < 1.29 is 9.60 Å². The summed E-state index contributed by atoms with van der Waals surface area (Å²) in [6.45, 7) is 0.348. The molecule has 0 unspecified atom stereocenters. The van der Waals surface area contributed by atoms with Crippen molar-refractivity contribution in [2.24, 2.45) is 10.9 Å². The molecule has 1 aromatic heterocycles. The Morgan fingerprint density at radius 3 is 2.95 bits per heavy atom. The van der Waals surface area contributed by atoms with Gasteiger partial charge in [0.1, 0.15) is 11.5 Å². The number of aromatic nitrogens is 1. The van der Waals surface area contributed by atoms with Crippen LogP contribution in [0.5, 0.6) is 0 Å². The summed E-state index contributed by atoms with van der Waals surface area (Å²) >= 11 is 5.61. The molecule has 0 fully saturated rings. The molecule has 0 saturated carbocycles. The summed E-state index contributed by atoms with van der Waals surface area (Å²) < 4.78 is 13.3. The van der Waals surface area contributed by atoms with Crippen LogP contribution in [0.15, 0.2) is 41.7 Å². The fourth-order valence-electron chi connectivity index (χ4n) is 1.66. The molecular formula is C13H12ClFN4O. The van der Waals surface area contributed by atoms with Crippen LogP contribution < -0.4 is 11.1 Å². The predicted octanol–water partition coefficient (Wildman–Crippen LogP) is 2.58. The molecule has 2 aromatic rings.